The molecule has 162 valence electrons. The summed E-state index contributed by atoms with van der Waals surface area (Å²) >= 11 is 1.02. The van der Waals surface area contributed by atoms with Crippen LogP contribution in [-0.2, 0) is 14.8 Å². The van der Waals surface area contributed by atoms with Crippen LogP contribution in [0, 0.1) is 23.7 Å². The molecule has 2 heterocycles. The highest BCUT2D eigenvalue weighted by Crippen LogP contribution is 2.49. The highest BCUT2D eigenvalue weighted by Gasteiger charge is 2.42. The second-order valence-corrected chi connectivity index (χ2v) is 11.6. The van der Waals surface area contributed by atoms with Crippen LogP contribution in [0.3, 0.4) is 0 Å². The third-order valence-corrected chi connectivity index (χ3v) is 9.97. The smallest absolute Gasteiger partial charge is 0.245 e. The van der Waals surface area contributed by atoms with Gasteiger partial charge in [-0.25, -0.2) is 8.42 Å². The molecule has 1 aromatic carbocycles. The third-order valence-electron chi connectivity index (χ3n) is 7.50. The van der Waals surface area contributed by atoms with Crippen molar-refractivity contribution >= 4 is 38.7 Å². The Morgan fingerprint density at radius 2 is 1.97 bits per heavy atom. The van der Waals surface area contributed by atoms with Gasteiger partial charge in [0.15, 0.2) is 0 Å². The van der Waals surface area contributed by atoms with Crippen LogP contribution in [0.5, 0.6) is 0 Å². The third kappa shape index (κ3) is 3.54. The molecular weight excluding hydrogens is 420 g/mol. The Morgan fingerprint density at radius 1 is 1.17 bits per heavy atom. The van der Waals surface area contributed by atoms with Gasteiger partial charge in [-0.2, -0.15) is 13.1 Å². The van der Waals surface area contributed by atoms with E-state index >= 15 is 0 Å². The van der Waals surface area contributed by atoms with E-state index in [-0.39, 0.29) is 22.8 Å². The summed E-state index contributed by atoms with van der Waals surface area (Å²) < 4.78 is 36.1. The molecule has 1 aromatic heterocycles. The first-order chi connectivity index (χ1) is 14.4. The Balaban J connectivity index is 1.21. The molecule has 1 amide bonds. The summed E-state index contributed by atoms with van der Waals surface area (Å²) in [6.45, 7) is 2.86. The molecule has 3 aliphatic rings. The van der Waals surface area contributed by atoms with Crippen molar-refractivity contribution in [1.29, 1.82) is 0 Å². The number of hydrogen-bond acceptors (Lipinski definition) is 6. The van der Waals surface area contributed by atoms with Crippen LogP contribution < -0.4 is 5.32 Å². The number of fused-ring (bicyclic) bond motifs is 3. The summed E-state index contributed by atoms with van der Waals surface area (Å²) in [6, 6.07) is 5.28. The molecule has 3 fully saturated rings. The number of nitrogens with one attached hydrogen (secondary N) is 1. The van der Waals surface area contributed by atoms with Gasteiger partial charge < -0.3 is 5.32 Å². The van der Waals surface area contributed by atoms with E-state index in [2.05, 4.69) is 21.0 Å². The minimum absolute atomic E-state index is 0.0909. The number of carbonyl (C=O) groups is 1. The number of nitrogens with zero attached hydrogens (tertiary/aromatic N) is 3. The molecule has 2 aliphatic carbocycles. The highest BCUT2D eigenvalue weighted by molar-refractivity contribution is 7.89. The van der Waals surface area contributed by atoms with E-state index in [0.717, 1.165) is 23.6 Å². The zero-order valence-electron chi connectivity index (χ0n) is 17.2. The van der Waals surface area contributed by atoms with Crippen LogP contribution in [0.25, 0.3) is 11.0 Å². The fourth-order valence-corrected chi connectivity index (χ4v) is 8.06. The van der Waals surface area contributed by atoms with Gasteiger partial charge in [0.2, 0.25) is 15.9 Å². The minimum atomic E-state index is -3.64. The van der Waals surface area contributed by atoms with E-state index < -0.39 is 10.0 Å². The summed E-state index contributed by atoms with van der Waals surface area (Å²) in [5, 5.41) is 3.26. The summed E-state index contributed by atoms with van der Waals surface area (Å²) in [7, 11) is -3.64. The summed E-state index contributed by atoms with van der Waals surface area (Å²) in [4.78, 5) is 13.1. The van der Waals surface area contributed by atoms with E-state index in [9.17, 15) is 13.2 Å². The van der Waals surface area contributed by atoms with Gasteiger partial charge in [0.05, 0.1) is 11.7 Å². The predicted molar refractivity (Wildman–Crippen MR) is 115 cm³/mol. The molecule has 2 saturated carbocycles. The number of sulfonamides is 1. The van der Waals surface area contributed by atoms with Gasteiger partial charge in [0.25, 0.3) is 0 Å². The lowest BCUT2D eigenvalue weighted by molar-refractivity contribution is -0.127. The molecule has 30 heavy (non-hydrogen) atoms. The number of hydrogen-bond donors (Lipinski definition) is 1. The van der Waals surface area contributed by atoms with Crippen LogP contribution >= 0.6 is 11.7 Å². The Bertz CT molecular complexity index is 1050. The van der Waals surface area contributed by atoms with Crippen LogP contribution in [0.15, 0.2) is 23.1 Å². The van der Waals surface area contributed by atoms with Crippen molar-refractivity contribution in [2.45, 2.75) is 56.4 Å². The maximum atomic E-state index is 13.2. The van der Waals surface area contributed by atoms with Crippen molar-refractivity contribution in [1.82, 2.24) is 18.4 Å². The fourth-order valence-electron chi connectivity index (χ4n) is 5.84. The zero-order valence-corrected chi connectivity index (χ0v) is 18.8. The number of piperidine rings is 1. The molecule has 0 unspecified atom stereocenters. The van der Waals surface area contributed by atoms with E-state index in [1.54, 1.807) is 18.2 Å². The average molecular weight is 449 g/mol. The Hall–Kier alpha value is -1.58. The molecule has 1 N–H and O–H groups in total. The van der Waals surface area contributed by atoms with Gasteiger partial charge in [-0.1, -0.05) is 12.5 Å². The van der Waals surface area contributed by atoms with E-state index in [4.69, 9.17) is 0 Å². The maximum Gasteiger partial charge on any atom is 0.245 e. The molecule has 5 rings (SSSR count). The number of benzene rings is 1. The lowest BCUT2D eigenvalue weighted by Crippen LogP contribution is -2.47. The minimum Gasteiger partial charge on any atom is -0.353 e. The maximum absolute atomic E-state index is 13.2. The van der Waals surface area contributed by atoms with Crippen LogP contribution in [0.2, 0.25) is 0 Å². The molecule has 0 radical (unpaired) electrons. The van der Waals surface area contributed by atoms with Crippen LogP contribution in [-0.4, -0.2) is 46.5 Å². The standard InChI is InChI=1S/C21H28N4O3S2/c1-13(17-12-14-5-6-16(17)11-14)22-21(26)15-7-9-25(10-8-15)30(27,28)19-4-2-3-18-20(19)24-29-23-18/h2-4,13-17H,5-12H2,1H3,(H,22,26)/t13-,14-,16-,17+/m0/s1. The Labute approximate surface area is 181 Å². The molecule has 1 saturated heterocycles. The van der Waals surface area contributed by atoms with E-state index in [1.165, 1.54) is 30.0 Å². The first-order valence-electron chi connectivity index (χ1n) is 11.0. The lowest BCUT2D eigenvalue weighted by Gasteiger charge is -2.33. The zero-order chi connectivity index (χ0) is 20.9. The van der Waals surface area contributed by atoms with Crippen molar-refractivity contribution in [3.05, 3.63) is 18.2 Å². The fraction of sp³-hybridized carbons (Fsp3) is 0.667. The van der Waals surface area contributed by atoms with Gasteiger partial charge in [-0.15, -0.1) is 0 Å². The van der Waals surface area contributed by atoms with E-state index in [0.29, 0.717) is 42.9 Å². The van der Waals surface area contributed by atoms with Crippen molar-refractivity contribution < 1.29 is 13.2 Å². The van der Waals surface area contributed by atoms with E-state index in [1.807, 2.05) is 0 Å². The monoisotopic (exact) mass is 448 g/mol. The molecule has 4 atom stereocenters. The summed E-state index contributed by atoms with van der Waals surface area (Å²) in [5.41, 5.74) is 1.03. The predicted octanol–water partition coefficient (Wildman–Crippen LogP) is 3.03. The highest BCUT2D eigenvalue weighted by atomic mass is 32.2. The van der Waals surface area contributed by atoms with Crippen LogP contribution in [0.4, 0.5) is 0 Å². The quantitative estimate of drug-likeness (QED) is 0.759. The molecule has 7 nitrogen and oxygen atoms in total. The van der Waals surface area contributed by atoms with Gasteiger partial charge in [0.1, 0.15) is 15.9 Å². The van der Waals surface area contributed by atoms with Gasteiger partial charge >= 0.3 is 0 Å². The molecule has 0 spiro atoms. The van der Waals surface area contributed by atoms with Gasteiger partial charge in [-0.05, 0) is 68.9 Å². The first-order valence-corrected chi connectivity index (χ1v) is 13.1. The van der Waals surface area contributed by atoms with Crippen molar-refractivity contribution in [3.8, 4) is 0 Å². The molecule has 2 aromatic rings. The number of carbonyl (C=O) groups excluding carboxylic acids is 1. The van der Waals surface area contributed by atoms with Gasteiger partial charge in [-0.3, -0.25) is 4.79 Å². The molecule has 1 aliphatic heterocycles. The first kappa shape index (κ1) is 20.3. The second kappa shape index (κ2) is 7.84. The topological polar surface area (TPSA) is 92.3 Å². The lowest BCUT2D eigenvalue weighted by atomic mass is 9.83. The van der Waals surface area contributed by atoms with Crippen molar-refractivity contribution in [3.63, 3.8) is 0 Å². The molecule has 2 bridgehead atoms. The normalized spacial score (nSPS) is 28.8. The van der Waals surface area contributed by atoms with Crippen molar-refractivity contribution in [2.24, 2.45) is 23.7 Å². The largest absolute Gasteiger partial charge is 0.353 e. The van der Waals surface area contributed by atoms with Crippen molar-refractivity contribution in [2.75, 3.05) is 13.1 Å². The molecule has 9 heteroatoms. The Kier molecular flexibility index (Phi) is 5.31. The number of amides is 1. The Morgan fingerprint density at radius 3 is 2.67 bits per heavy atom. The SMILES string of the molecule is C[C@H](NC(=O)C1CCN(S(=O)(=O)c2cccc3nsnc23)CC1)[C@H]1C[C@H]2CC[C@H]1C2. The average Bonchev–Trinajstić information content (AvgIpc) is 3.50. The number of aromatic nitrogens is 2. The van der Waals surface area contributed by atoms with Crippen LogP contribution in [0.1, 0.15) is 45.4 Å². The summed E-state index contributed by atoms with van der Waals surface area (Å²) in [6.07, 6.45) is 6.37. The summed E-state index contributed by atoms with van der Waals surface area (Å²) in [5.74, 6) is 2.23. The van der Waals surface area contributed by atoms with Gasteiger partial charge in [0, 0.05) is 25.0 Å². The second-order valence-electron chi connectivity index (χ2n) is 9.20. The molecular formula is C21H28N4O3S2. The number of rotatable bonds is 5.